The van der Waals surface area contributed by atoms with Crippen LogP contribution in [0.1, 0.15) is 46.6 Å². The molecule has 0 spiro atoms. The average Bonchev–Trinajstić information content (AvgIpc) is 3.02. The van der Waals surface area contributed by atoms with Gasteiger partial charge in [0.05, 0.1) is 38.5 Å². The number of amides is 2. The van der Waals surface area contributed by atoms with E-state index in [0.717, 1.165) is 4.31 Å². The molecule has 1 atom stereocenters. The fraction of sp³-hybridized carbons (Fsp3) is 0.412. The largest absolute Gasteiger partial charge is 0.497 e. The minimum Gasteiger partial charge on any atom is -0.497 e. The quantitative estimate of drug-likeness (QED) is 0.242. The second-order valence-electron chi connectivity index (χ2n) is 11.5. The van der Waals surface area contributed by atoms with Gasteiger partial charge in [0.25, 0.3) is 10.0 Å². The maximum absolute atomic E-state index is 14.4. The SMILES string of the molecule is CCOc1ccc(N(CC(=O)N(Cc2cccc(OC)c2)C(CC)C(=O)NC(C)(C)C)S(=O)(=O)c2ccc(OC)c(OC)c2)cc1. The van der Waals surface area contributed by atoms with Crippen LogP contribution in [-0.2, 0) is 26.2 Å². The van der Waals surface area contributed by atoms with Crippen molar-refractivity contribution >= 4 is 27.5 Å². The zero-order valence-electron chi connectivity index (χ0n) is 27.8. The van der Waals surface area contributed by atoms with Crippen molar-refractivity contribution in [2.45, 2.75) is 64.1 Å². The molecular weight excluding hydrogens is 610 g/mol. The maximum atomic E-state index is 14.4. The van der Waals surface area contributed by atoms with E-state index in [1.165, 1.54) is 37.3 Å². The standard InChI is InChI=1S/C34H45N3O8S/c1-9-29(33(39)35-34(3,4)5)36(22-24-12-11-13-27(20-24)42-6)32(38)23-37(25-14-16-26(17-15-25)45-10-2)46(40,41)28-18-19-30(43-7)31(21-28)44-8/h11-21,29H,9-10,22-23H2,1-8H3,(H,35,39). The smallest absolute Gasteiger partial charge is 0.264 e. The molecule has 0 aliphatic heterocycles. The number of carbonyl (C=O) groups is 2. The highest BCUT2D eigenvalue weighted by atomic mass is 32.2. The fourth-order valence-corrected chi connectivity index (χ4v) is 6.28. The lowest BCUT2D eigenvalue weighted by Gasteiger charge is -2.35. The predicted molar refractivity (Wildman–Crippen MR) is 177 cm³/mol. The summed E-state index contributed by atoms with van der Waals surface area (Å²) in [7, 11) is 0.0624. The van der Waals surface area contributed by atoms with Crippen LogP contribution in [0, 0.1) is 0 Å². The molecule has 0 aromatic heterocycles. The van der Waals surface area contributed by atoms with Gasteiger partial charge in [-0.05, 0) is 88.2 Å². The number of rotatable bonds is 15. The average molecular weight is 656 g/mol. The third-order valence-corrected chi connectivity index (χ3v) is 8.80. The van der Waals surface area contributed by atoms with Crippen molar-refractivity contribution in [3.8, 4) is 23.0 Å². The summed E-state index contributed by atoms with van der Waals surface area (Å²) in [6.07, 6.45) is 0.295. The summed E-state index contributed by atoms with van der Waals surface area (Å²) in [5, 5.41) is 2.97. The van der Waals surface area contributed by atoms with Crippen molar-refractivity contribution in [3.05, 3.63) is 72.3 Å². The topological polar surface area (TPSA) is 124 Å². The highest BCUT2D eigenvalue weighted by Crippen LogP contribution is 2.33. The molecule has 11 nitrogen and oxygen atoms in total. The Bertz CT molecular complexity index is 1590. The number of anilines is 1. The van der Waals surface area contributed by atoms with E-state index in [-0.39, 0.29) is 28.8 Å². The third-order valence-electron chi connectivity index (χ3n) is 7.03. The highest BCUT2D eigenvalue weighted by molar-refractivity contribution is 7.92. The Morgan fingerprint density at radius 1 is 0.848 bits per heavy atom. The molecule has 250 valence electrons. The lowest BCUT2D eigenvalue weighted by Crippen LogP contribution is -2.55. The summed E-state index contributed by atoms with van der Waals surface area (Å²) in [6.45, 7) is 9.10. The van der Waals surface area contributed by atoms with Crippen LogP contribution in [0.25, 0.3) is 0 Å². The van der Waals surface area contributed by atoms with Crippen LogP contribution in [0.4, 0.5) is 5.69 Å². The Hall–Kier alpha value is -4.45. The minimum atomic E-state index is -4.34. The van der Waals surface area contributed by atoms with Gasteiger partial charge in [-0.1, -0.05) is 19.1 Å². The third kappa shape index (κ3) is 9.06. The van der Waals surface area contributed by atoms with Gasteiger partial charge in [0.1, 0.15) is 24.1 Å². The van der Waals surface area contributed by atoms with E-state index in [0.29, 0.717) is 35.8 Å². The Kier molecular flexibility index (Phi) is 12.3. The number of sulfonamides is 1. The molecule has 0 fully saturated rings. The molecule has 1 unspecified atom stereocenters. The molecule has 0 aliphatic rings. The van der Waals surface area contributed by atoms with Gasteiger partial charge in [-0.3, -0.25) is 13.9 Å². The van der Waals surface area contributed by atoms with E-state index >= 15 is 0 Å². The molecule has 3 rings (SSSR count). The summed E-state index contributed by atoms with van der Waals surface area (Å²) < 4.78 is 51.2. The van der Waals surface area contributed by atoms with E-state index < -0.39 is 34.1 Å². The van der Waals surface area contributed by atoms with E-state index in [4.69, 9.17) is 18.9 Å². The van der Waals surface area contributed by atoms with Gasteiger partial charge in [-0.15, -0.1) is 0 Å². The highest BCUT2D eigenvalue weighted by Gasteiger charge is 2.35. The molecule has 2 amide bonds. The van der Waals surface area contributed by atoms with Gasteiger partial charge in [-0.25, -0.2) is 8.42 Å². The number of hydrogen-bond acceptors (Lipinski definition) is 8. The molecule has 0 saturated heterocycles. The van der Waals surface area contributed by atoms with Crippen LogP contribution in [-0.4, -0.2) is 71.2 Å². The monoisotopic (exact) mass is 655 g/mol. The van der Waals surface area contributed by atoms with Crippen molar-refractivity contribution in [2.75, 3.05) is 38.8 Å². The Labute approximate surface area is 272 Å². The molecule has 12 heteroatoms. The number of nitrogens with one attached hydrogen (secondary N) is 1. The van der Waals surface area contributed by atoms with Crippen molar-refractivity contribution in [3.63, 3.8) is 0 Å². The van der Waals surface area contributed by atoms with Crippen LogP contribution in [0.3, 0.4) is 0 Å². The first-order valence-electron chi connectivity index (χ1n) is 15.0. The summed E-state index contributed by atoms with van der Waals surface area (Å²) in [6, 6.07) is 16.9. The van der Waals surface area contributed by atoms with Crippen LogP contribution < -0.4 is 28.6 Å². The molecule has 1 N–H and O–H groups in total. The zero-order chi connectivity index (χ0) is 34.1. The predicted octanol–water partition coefficient (Wildman–Crippen LogP) is 5.03. The molecule has 0 aliphatic carbocycles. The van der Waals surface area contributed by atoms with E-state index in [9.17, 15) is 18.0 Å². The van der Waals surface area contributed by atoms with Gasteiger partial charge in [-0.2, -0.15) is 0 Å². The van der Waals surface area contributed by atoms with Gasteiger partial charge in [0.2, 0.25) is 11.8 Å². The van der Waals surface area contributed by atoms with Gasteiger partial charge in [0, 0.05) is 18.2 Å². The number of methoxy groups -OCH3 is 3. The molecule has 0 radical (unpaired) electrons. The molecule has 0 heterocycles. The normalized spacial score (nSPS) is 12.1. The molecule has 3 aromatic carbocycles. The lowest BCUT2D eigenvalue weighted by molar-refractivity contribution is -0.141. The van der Waals surface area contributed by atoms with Gasteiger partial charge < -0.3 is 29.2 Å². The zero-order valence-corrected chi connectivity index (χ0v) is 28.6. The second-order valence-corrected chi connectivity index (χ2v) is 13.4. The Morgan fingerprint density at radius 3 is 2.09 bits per heavy atom. The van der Waals surface area contributed by atoms with Crippen molar-refractivity contribution < 1.29 is 37.0 Å². The number of nitrogens with zero attached hydrogens (tertiary/aromatic N) is 2. The maximum Gasteiger partial charge on any atom is 0.264 e. The van der Waals surface area contributed by atoms with Crippen molar-refractivity contribution in [2.24, 2.45) is 0 Å². The van der Waals surface area contributed by atoms with Crippen LogP contribution in [0.5, 0.6) is 23.0 Å². The van der Waals surface area contributed by atoms with Crippen LogP contribution in [0.15, 0.2) is 71.6 Å². The first kappa shape index (κ1) is 36.0. The number of hydrogen-bond donors (Lipinski definition) is 1. The van der Waals surface area contributed by atoms with E-state index in [1.807, 2.05) is 40.7 Å². The van der Waals surface area contributed by atoms with E-state index in [2.05, 4.69) is 5.32 Å². The van der Waals surface area contributed by atoms with E-state index in [1.54, 1.807) is 49.6 Å². The molecule has 0 bridgehead atoms. The molecule has 46 heavy (non-hydrogen) atoms. The second kappa shape index (κ2) is 15.7. The Morgan fingerprint density at radius 2 is 1.52 bits per heavy atom. The molecule has 0 saturated carbocycles. The van der Waals surface area contributed by atoms with Gasteiger partial charge in [0.15, 0.2) is 11.5 Å². The van der Waals surface area contributed by atoms with Crippen molar-refractivity contribution in [1.29, 1.82) is 0 Å². The summed E-state index contributed by atoms with van der Waals surface area (Å²) >= 11 is 0. The number of carbonyl (C=O) groups excluding carboxylic acids is 2. The number of ether oxygens (including phenoxy) is 4. The summed E-state index contributed by atoms with van der Waals surface area (Å²) in [4.78, 5) is 29.2. The first-order chi connectivity index (χ1) is 21.8. The fourth-order valence-electron chi connectivity index (χ4n) is 4.85. The first-order valence-corrected chi connectivity index (χ1v) is 16.4. The summed E-state index contributed by atoms with van der Waals surface area (Å²) in [5.41, 5.74) is 0.394. The molecule has 3 aromatic rings. The molecular formula is C34H45N3O8S. The van der Waals surface area contributed by atoms with Gasteiger partial charge >= 0.3 is 0 Å². The lowest BCUT2D eigenvalue weighted by atomic mass is 10.1. The minimum absolute atomic E-state index is 0.0413. The Balaban J connectivity index is 2.13. The number of benzene rings is 3. The van der Waals surface area contributed by atoms with Crippen LogP contribution >= 0.6 is 0 Å². The van der Waals surface area contributed by atoms with Crippen LogP contribution in [0.2, 0.25) is 0 Å². The summed E-state index contributed by atoms with van der Waals surface area (Å²) in [5.74, 6) is 0.782. The van der Waals surface area contributed by atoms with Crippen molar-refractivity contribution in [1.82, 2.24) is 10.2 Å².